The fraction of sp³-hybridized carbons (Fsp3) is 0.571. The molecule has 0 radical (unpaired) electrons. The number of morpholine rings is 1. The second-order valence-corrected chi connectivity index (χ2v) is 6.33. The SMILES string of the molecule is CC(C)(C)OC(=O)Nc1c(F)c(N2CCOCC2)nc(F)c1Cl. The summed E-state index contributed by atoms with van der Waals surface area (Å²) in [7, 11) is 0. The average molecular weight is 350 g/mol. The lowest BCUT2D eigenvalue weighted by Crippen LogP contribution is -2.37. The number of carbonyl (C=O) groups is 1. The lowest BCUT2D eigenvalue weighted by Gasteiger charge is -2.28. The summed E-state index contributed by atoms with van der Waals surface area (Å²) in [6, 6.07) is 0. The summed E-state index contributed by atoms with van der Waals surface area (Å²) in [4.78, 5) is 16.9. The monoisotopic (exact) mass is 349 g/mol. The van der Waals surface area contributed by atoms with E-state index in [0.717, 1.165) is 0 Å². The highest BCUT2D eigenvalue weighted by atomic mass is 35.5. The molecule has 128 valence electrons. The van der Waals surface area contributed by atoms with Gasteiger partial charge in [0, 0.05) is 13.1 Å². The first-order chi connectivity index (χ1) is 10.7. The highest BCUT2D eigenvalue weighted by Crippen LogP contribution is 2.33. The van der Waals surface area contributed by atoms with Crippen LogP contribution in [0, 0.1) is 11.8 Å². The topological polar surface area (TPSA) is 63.7 Å². The molecule has 2 rings (SSSR count). The molecule has 1 saturated heterocycles. The van der Waals surface area contributed by atoms with Gasteiger partial charge in [-0.2, -0.15) is 9.37 Å². The Balaban J connectivity index is 2.31. The molecule has 0 aliphatic carbocycles. The zero-order chi connectivity index (χ0) is 17.2. The van der Waals surface area contributed by atoms with Crippen LogP contribution in [-0.4, -0.2) is 43.0 Å². The van der Waals surface area contributed by atoms with Crippen molar-refractivity contribution in [1.82, 2.24) is 4.98 Å². The molecule has 1 aromatic heterocycles. The van der Waals surface area contributed by atoms with E-state index in [1.807, 2.05) is 0 Å². The molecule has 0 atom stereocenters. The van der Waals surface area contributed by atoms with E-state index < -0.39 is 34.2 Å². The van der Waals surface area contributed by atoms with Gasteiger partial charge in [-0.25, -0.2) is 9.18 Å². The van der Waals surface area contributed by atoms with E-state index in [4.69, 9.17) is 21.1 Å². The molecule has 1 fully saturated rings. The summed E-state index contributed by atoms with van der Waals surface area (Å²) in [5, 5.41) is 1.54. The molecule has 0 unspecified atom stereocenters. The maximum absolute atomic E-state index is 14.6. The predicted molar refractivity (Wildman–Crippen MR) is 82.1 cm³/mol. The molecule has 1 amide bonds. The molecule has 23 heavy (non-hydrogen) atoms. The molecule has 1 aliphatic rings. The van der Waals surface area contributed by atoms with Crippen molar-refractivity contribution >= 4 is 29.2 Å². The largest absolute Gasteiger partial charge is 0.444 e. The minimum absolute atomic E-state index is 0.221. The third-order valence-electron chi connectivity index (χ3n) is 2.96. The predicted octanol–water partition coefficient (Wildman–Crippen LogP) is 3.20. The molecular weight excluding hydrogens is 332 g/mol. The minimum Gasteiger partial charge on any atom is -0.444 e. The highest BCUT2D eigenvalue weighted by Gasteiger charge is 2.26. The Morgan fingerprint density at radius 2 is 1.96 bits per heavy atom. The smallest absolute Gasteiger partial charge is 0.412 e. The maximum atomic E-state index is 14.6. The molecule has 0 bridgehead atoms. The second-order valence-electron chi connectivity index (χ2n) is 5.96. The minimum atomic E-state index is -1.07. The Hall–Kier alpha value is -1.67. The molecule has 2 heterocycles. The summed E-state index contributed by atoms with van der Waals surface area (Å²) in [5.41, 5.74) is -1.28. The number of ether oxygens (including phenoxy) is 2. The van der Waals surface area contributed by atoms with Crippen LogP contribution in [0.3, 0.4) is 0 Å². The summed E-state index contributed by atoms with van der Waals surface area (Å²) in [5.74, 6) is -2.20. The number of nitrogens with one attached hydrogen (secondary N) is 1. The number of anilines is 2. The van der Waals surface area contributed by atoms with Crippen LogP contribution in [0.5, 0.6) is 0 Å². The Labute approximate surface area is 137 Å². The Kier molecular flexibility index (Phi) is 5.26. The van der Waals surface area contributed by atoms with Crippen molar-refractivity contribution in [3.8, 4) is 0 Å². The third-order valence-corrected chi connectivity index (χ3v) is 3.30. The van der Waals surface area contributed by atoms with Crippen LogP contribution in [-0.2, 0) is 9.47 Å². The molecule has 0 aromatic carbocycles. The molecule has 9 heteroatoms. The molecular formula is C14H18ClF2N3O3. The van der Waals surface area contributed by atoms with Gasteiger partial charge in [-0.1, -0.05) is 11.6 Å². The number of rotatable bonds is 2. The number of hydrogen-bond acceptors (Lipinski definition) is 5. The number of carbonyl (C=O) groups excluding carboxylic acids is 1. The normalized spacial score (nSPS) is 15.5. The number of hydrogen-bond donors (Lipinski definition) is 1. The summed E-state index contributed by atoms with van der Waals surface area (Å²) < 4.78 is 38.7. The fourth-order valence-corrected chi connectivity index (χ4v) is 2.18. The van der Waals surface area contributed by atoms with E-state index in [1.165, 1.54) is 4.90 Å². The van der Waals surface area contributed by atoms with Crippen molar-refractivity contribution in [2.24, 2.45) is 0 Å². The third kappa shape index (κ3) is 4.42. The first-order valence-electron chi connectivity index (χ1n) is 7.06. The molecule has 1 aliphatic heterocycles. The zero-order valence-electron chi connectivity index (χ0n) is 13.1. The Morgan fingerprint density at radius 3 is 2.52 bits per heavy atom. The van der Waals surface area contributed by atoms with Crippen molar-refractivity contribution in [3.63, 3.8) is 0 Å². The van der Waals surface area contributed by atoms with Gasteiger partial charge < -0.3 is 14.4 Å². The van der Waals surface area contributed by atoms with Crippen LogP contribution in [0.25, 0.3) is 0 Å². The van der Waals surface area contributed by atoms with Gasteiger partial charge in [0.2, 0.25) is 5.95 Å². The van der Waals surface area contributed by atoms with Gasteiger partial charge in [0.05, 0.1) is 13.2 Å². The molecule has 1 N–H and O–H groups in total. The zero-order valence-corrected chi connectivity index (χ0v) is 13.8. The van der Waals surface area contributed by atoms with E-state index in [2.05, 4.69) is 10.3 Å². The maximum Gasteiger partial charge on any atom is 0.412 e. The van der Waals surface area contributed by atoms with Crippen molar-refractivity contribution < 1.29 is 23.0 Å². The van der Waals surface area contributed by atoms with Crippen LogP contribution in [0.1, 0.15) is 20.8 Å². The van der Waals surface area contributed by atoms with E-state index in [9.17, 15) is 13.6 Å². The van der Waals surface area contributed by atoms with Gasteiger partial charge in [0.15, 0.2) is 11.6 Å². The van der Waals surface area contributed by atoms with Crippen molar-refractivity contribution in [3.05, 3.63) is 16.8 Å². The summed E-state index contributed by atoms with van der Waals surface area (Å²) in [6.07, 6.45) is -0.933. The first-order valence-corrected chi connectivity index (χ1v) is 7.44. The molecule has 6 nitrogen and oxygen atoms in total. The number of nitrogens with zero attached hydrogens (tertiary/aromatic N) is 2. The van der Waals surface area contributed by atoms with Crippen molar-refractivity contribution in [2.45, 2.75) is 26.4 Å². The Bertz CT molecular complexity index is 602. The van der Waals surface area contributed by atoms with Crippen molar-refractivity contribution in [2.75, 3.05) is 36.5 Å². The van der Waals surface area contributed by atoms with Crippen LogP contribution < -0.4 is 10.2 Å². The lowest BCUT2D eigenvalue weighted by molar-refractivity contribution is 0.0635. The average Bonchev–Trinajstić information content (AvgIpc) is 2.46. The number of amides is 1. The quantitative estimate of drug-likeness (QED) is 0.831. The number of aromatic nitrogens is 1. The van der Waals surface area contributed by atoms with Crippen LogP contribution in [0.4, 0.5) is 25.1 Å². The van der Waals surface area contributed by atoms with E-state index in [1.54, 1.807) is 20.8 Å². The van der Waals surface area contributed by atoms with Crippen LogP contribution >= 0.6 is 11.6 Å². The van der Waals surface area contributed by atoms with Gasteiger partial charge in [-0.3, -0.25) is 5.32 Å². The summed E-state index contributed by atoms with van der Waals surface area (Å²) in [6.45, 7) is 6.42. The van der Waals surface area contributed by atoms with Crippen LogP contribution in [0.2, 0.25) is 5.02 Å². The standard InChI is InChI=1S/C14H18ClF2N3O3/c1-14(2,3)23-13(21)18-10-8(15)11(17)19-12(9(10)16)20-4-6-22-7-5-20/h4-7H2,1-3H3,(H,18,19,21). The van der Waals surface area contributed by atoms with Crippen LogP contribution in [0.15, 0.2) is 0 Å². The van der Waals surface area contributed by atoms with E-state index >= 15 is 0 Å². The van der Waals surface area contributed by atoms with E-state index in [0.29, 0.717) is 26.3 Å². The van der Waals surface area contributed by atoms with E-state index in [-0.39, 0.29) is 5.82 Å². The van der Waals surface area contributed by atoms with Gasteiger partial charge in [0.25, 0.3) is 0 Å². The lowest BCUT2D eigenvalue weighted by atomic mass is 10.2. The molecule has 1 aromatic rings. The molecule has 0 spiro atoms. The fourth-order valence-electron chi connectivity index (χ4n) is 2.00. The van der Waals surface area contributed by atoms with Gasteiger partial charge in [0.1, 0.15) is 16.3 Å². The number of pyridine rings is 1. The second kappa shape index (κ2) is 6.84. The van der Waals surface area contributed by atoms with Gasteiger partial charge >= 0.3 is 6.09 Å². The van der Waals surface area contributed by atoms with Gasteiger partial charge in [-0.05, 0) is 20.8 Å². The molecule has 0 saturated carbocycles. The van der Waals surface area contributed by atoms with Gasteiger partial charge in [-0.15, -0.1) is 0 Å². The number of halogens is 3. The highest BCUT2D eigenvalue weighted by molar-refractivity contribution is 6.33. The van der Waals surface area contributed by atoms with Crippen molar-refractivity contribution in [1.29, 1.82) is 0 Å². The Morgan fingerprint density at radius 1 is 1.35 bits per heavy atom. The summed E-state index contributed by atoms with van der Waals surface area (Å²) >= 11 is 5.73. The first kappa shape index (κ1) is 17.7.